The van der Waals surface area contributed by atoms with Crippen LogP contribution in [0.5, 0.6) is 0 Å². The van der Waals surface area contributed by atoms with Crippen LogP contribution < -0.4 is 5.32 Å². The van der Waals surface area contributed by atoms with Crippen LogP contribution in [0.4, 0.5) is 5.69 Å². The molecule has 1 unspecified atom stereocenters. The van der Waals surface area contributed by atoms with E-state index in [0.29, 0.717) is 11.6 Å². The van der Waals surface area contributed by atoms with Gasteiger partial charge in [0.05, 0.1) is 11.3 Å². The monoisotopic (exact) mass is 275 g/mol. The molecule has 1 aliphatic rings. The normalized spacial score (nSPS) is 19.5. The second-order valence-electron chi connectivity index (χ2n) is 5.54. The fraction of sp³-hybridized carbons (Fsp3) is 0.625. The maximum absolute atomic E-state index is 12.8. The van der Waals surface area contributed by atoms with Crippen molar-refractivity contribution < 1.29 is 4.79 Å². The summed E-state index contributed by atoms with van der Waals surface area (Å²) in [6, 6.07) is 2.22. The summed E-state index contributed by atoms with van der Waals surface area (Å²) < 4.78 is 0. The van der Waals surface area contributed by atoms with E-state index >= 15 is 0 Å². The van der Waals surface area contributed by atoms with Gasteiger partial charge in [0.15, 0.2) is 0 Å². The molecular weight excluding hydrogens is 250 g/mol. The number of likely N-dealkylation sites (tertiary alicyclic amines) is 1. The number of pyridine rings is 1. The fourth-order valence-corrected chi connectivity index (χ4v) is 2.71. The molecule has 0 aliphatic carbocycles. The van der Waals surface area contributed by atoms with Crippen molar-refractivity contribution in [3.63, 3.8) is 0 Å². The lowest BCUT2D eigenvalue weighted by atomic mass is 10.1. The van der Waals surface area contributed by atoms with E-state index in [0.717, 1.165) is 38.0 Å². The summed E-state index contributed by atoms with van der Waals surface area (Å²) in [6.07, 6.45) is 9.12. The zero-order valence-corrected chi connectivity index (χ0v) is 12.6. The van der Waals surface area contributed by atoms with E-state index in [4.69, 9.17) is 0 Å². The first-order valence-electron chi connectivity index (χ1n) is 7.73. The van der Waals surface area contributed by atoms with Gasteiger partial charge in [-0.2, -0.15) is 0 Å². The van der Waals surface area contributed by atoms with Gasteiger partial charge in [-0.15, -0.1) is 0 Å². The number of nitrogens with one attached hydrogen (secondary N) is 1. The Hall–Kier alpha value is -1.58. The maximum atomic E-state index is 12.8. The Bertz CT molecular complexity index is 447. The van der Waals surface area contributed by atoms with E-state index in [1.807, 2.05) is 11.0 Å². The van der Waals surface area contributed by atoms with Gasteiger partial charge in [0.25, 0.3) is 5.91 Å². The minimum Gasteiger partial charge on any atom is -0.384 e. The summed E-state index contributed by atoms with van der Waals surface area (Å²) in [5.41, 5.74) is 1.61. The van der Waals surface area contributed by atoms with Crippen LogP contribution in [0.15, 0.2) is 18.5 Å². The van der Waals surface area contributed by atoms with Crippen molar-refractivity contribution in [2.24, 2.45) is 0 Å². The standard InChI is InChI=1S/C16H25N3O/c1-3-9-18-15-8-10-17-12-14(15)16(20)19-11-6-4-5-7-13(19)2/h8,10,12-13H,3-7,9,11H2,1-2H3,(H,17,18). The van der Waals surface area contributed by atoms with E-state index in [1.165, 1.54) is 12.8 Å². The highest BCUT2D eigenvalue weighted by atomic mass is 16.2. The molecule has 1 aliphatic heterocycles. The predicted molar refractivity (Wildman–Crippen MR) is 82.0 cm³/mol. The van der Waals surface area contributed by atoms with Crippen LogP contribution >= 0.6 is 0 Å². The molecule has 2 rings (SSSR count). The maximum Gasteiger partial charge on any atom is 0.257 e. The van der Waals surface area contributed by atoms with Crippen molar-refractivity contribution in [2.75, 3.05) is 18.4 Å². The third-order valence-corrected chi connectivity index (χ3v) is 3.93. The molecule has 4 heteroatoms. The Morgan fingerprint density at radius 1 is 1.45 bits per heavy atom. The number of hydrogen-bond acceptors (Lipinski definition) is 3. The summed E-state index contributed by atoms with van der Waals surface area (Å²) in [5, 5.41) is 3.33. The van der Waals surface area contributed by atoms with Gasteiger partial charge in [-0.05, 0) is 32.3 Å². The molecule has 0 aromatic carbocycles. The molecule has 4 nitrogen and oxygen atoms in total. The summed E-state index contributed by atoms with van der Waals surface area (Å²) in [5.74, 6) is 0.117. The molecule has 110 valence electrons. The molecule has 0 bridgehead atoms. The second kappa shape index (κ2) is 7.27. The molecule has 2 heterocycles. The van der Waals surface area contributed by atoms with E-state index in [9.17, 15) is 4.79 Å². The van der Waals surface area contributed by atoms with Crippen molar-refractivity contribution in [1.29, 1.82) is 0 Å². The molecule has 0 saturated carbocycles. The Labute approximate surface area is 121 Å². The summed E-state index contributed by atoms with van der Waals surface area (Å²) in [6.45, 7) is 6.01. The van der Waals surface area contributed by atoms with E-state index < -0.39 is 0 Å². The minimum atomic E-state index is 0.117. The molecule has 1 atom stereocenters. The zero-order chi connectivity index (χ0) is 14.4. The number of amides is 1. The van der Waals surface area contributed by atoms with E-state index in [1.54, 1.807) is 12.4 Å². The number of nitrogens with zero attached hydrogens (tertiary/aromatic N) is 2. The molecule has 20 heavy (non-hydrogen) atoms. The third kappa shape index (κ3) is 3.50. The summed E-state index contributed by atoms with van der Waals surface area (Å²) >= 11 is 0. The van der Waals surface area contributed by atoms with Crippen LogP contribution in [0.3, 0.4) is 0 Å². The number of anilines is 1. The van der Waals surface area contributed by atoms with Gasteiger partial charge in [0.2, 0.25) is 0 Å². The van der Waals surface area contributed by atoms with Crippen LogP contribution in [-0.4, -0.2) is 34.9 Å². The summed E-state index contributed by atoms with van der Waals surface area (Å²) in [7, 11) is 0. The van der Waals surface area contributed by atoms with Crippen molar-refractivity contribution in [1.82, 2.24) is 9.88 Å². The largest absolute Gasteiger partial charge is 0.384 e. The molecule has 0 radical (unpaired) electrons. The first-order valence-corrected chi connectivity index (χ1v) is 7.73. The molecule has 0 spiro atoms. The highest BCUT2D eigenvalue weighted by Crippen LogP contribution is 2.22. The first-order chi connectivity index (χ1) is 9.74. The Balaban J connectivity index is 2.18. The molecule has 1 saturated heterocycles. The van der Waals surface area contributed by atoms with Crippen LogP contribution in [0.2, 0.25) is 0 Å². The zero-order valence-electron chi connectivity index (χ0n) is 12.6. The predicted octanol–water partition coefficient (Wildman–Crippen LogP) is 3.31. The Kier molecular flexibility index (Phi) is 5.39. The molecule has 1 amide bonds. The smallest absolute Gasteiger partial charge is 0.257 e. The van der Waals surface area contributed by atoms with Gasteiger partial charge >= 0.3 is 0 Å². The first kappa shape index (κ1) is 14.8. The number of rotatable bonds is 4. The van der Waals surface area contributed by atoms with E-state index in [2.05, 4.69) is 24.1 Å². The molecule has 1 N–H and O–H groups in total. The van der Waals surface area contributed by atoms with Gasteiger partial charge in [-0.3, -0.25) is 9.78 Å². The van der Waals surface area contributed by atoms with Crippen LogP contribution in [-0.2, 0) is 0 Å². The lowest BCUT2D eigenvalue weighted by molar-refractivity contribution is 0.0698. The van der Waals surface area contributed by atoms with Crippen LogP contribution in [0.1, 0.15) is 56.3 Å². The highest BCUT2D eigenvalue weighted by Gasteiger charge is 2.24. The van der Waals surface area contributed by atoms with Crippen molar-refractivity contribution in [3.05, 3.63) is 24.0 Å². The Morgan fingerprint density at radius 3 is 3.10 bits per heavy atom. The SMILES string of the molecule is CCCNc1ccncc1C(=O)N1CCCCCC1C. The van der Waals surface area contributed by atoms with Crippen LogP contribution in [0, 0.1) is 0 Å². The highest BCUT2D eigenvalue weighted by molar-refractivity contribution is 5.99. The van der Waals surface area contributed by atoms with Gasteiger partial charge in [-0.1, -0.05) is 19.8 Å². The van der Waals surface area contributed by atoms with Crippen molar-refractivity contribution >= 4 is 11.6 Å². The average molecular weight is 275 g/mol. The van der Waals surface area contributed by atoms with Gasteiger partial charge < -0.3 is 10.2 Å². The van der Waals surface area contributed by atoms with Gasteiger partial charge in [0, 0.05) is 31.5 Å². The fourth-order valence-electron chi connectivity index (χ4n) is 2.71. The van der Waals surface area contributed by atoms with Crippen molar-refractivity contribution in [2.45, 2.75) is 52.0 Å². The van der Waals surface area contributed by atoms with Gasteiger partial charge in [0.1, 0.15) is 0 Å². The molecular formula is C16H25N3O. The molecule has 1 fully saturated rings. The Morgan fingerprint density at radius 2 is 2.30 bits per heavy atom. The van der Waals surface area contributed by atoms with E-state index in [-0.39, 0.29) is 5.91 Å². The number of carbonyl (C=O) groups is 1. The minimum absolute atomic E-state index is 0.117. The second-order valence-corrected chi connectivity index (χ2v) is 5.54. The number of hydrogen-bond donors (Lipinski definition) is 1. The van der Waals surface area contributed by atoms with Crippen LogP contribution in [0.25, 0.3) is 0 Å². The summed E-state index contributed by atoms with van der Waals surface area (Å²) in [4.78, 5) is 18.9. The third-order valence-electron chi connectivity index (χ3n) is 3.93. The molecule has 1 aromatic rings. The topological polar surface area (TPSA) is 45.2 Å². The number of carbonyl (C=O) groups excluding carboxylic acids is 1. The quantitative estimate of drug-likeness (QED) is 0.917. The average Bonchev–Trinajstić information content (AvgIpc) is 2.69. The van der Waals surface area contributed by atoms with Gasteiger partial charge in [-0.25, -0.2) is 0 Å². The number of aromatic nitrogens is 1. The van der Waals surface area contributed by atoms with Crippen molar-refractivity contribution in [3.8, 4) is 0 Å². The molecule has 1 aromatic heterocycles. The lowest BCUT2D eigenvalue weighted by Crippen LogP contribution is -2.38. The lowest BCUT2D eigenvalue weighted by Gasteiger charge is -2.28.